The fourth-order valence-electron chi connectivity index (χ4n) is 0.261. The maximum Gasteiger partial charge on any atom is 0.307 e. The molecule has 0 atom stereocenters. The van der Waals surface area contributed by atoms with Gasteiger partial charge < -0.3 is 10.1 Å². The molecule has 1 N–H and O–H groups in total. The van der Waals surface area contributed by atoms with E-state index in [9.17, 15) is 9.59 Å². The Morgan fingerprint density at radius 1 is 1.33 bits per heavy atom. The Morgan fingerprint density at radius 2 is 1.83 bits per heavy atom. The van der Waals surface area contributed by atoms with Gasteiger partial charge in [0.2, 0.25) is 5.91 Å². The first-order valence-corrected chi connectivity index (χ1v) is 3.20. The largest absolute Gasteiger partial charge is 0.435 e. The maximum atomic E-state index is 9.86. The highest BCUT2D eigenvalue weighted by molar-refractivity contribution is 5.73. The van der Waals surface area contributed by atoms with Gasteiger partial charge in [-0.2, -0.15) is 0 Å². The van der Waals surface area contributed by atoms with E-state index in [1.165, 1.54) is 20.0 Å². The number of hydrogen-bond donors (Lipinski definition) is 1. The first-order valence-electron chi connectivity index (χ1n) is 3.20. The number of rotatable bonds is 2. The first kappa shape index (κ1) is 13.0. The SMILES string of the molecule is C=CNC(C)=O.C=COC(C)=O. The molecule has 0 saturated heterocycles. The molecule has 0 aromatic carbocycles. The van der Waals surface area contributed by atoms with Crippen LogP contribution in [0.1, 0.15) is 13.8 Å². The summed E-state index contributed by atoms with van der Waals surface area (Å²) in [6, 6.07) is 0. The van der Waals surface area contributed by atoms with Crippen LogP contribution in [0, 0.1) is 0 Å². The van der Waals surface area contributed by atoms with Gasteiger partial charge in [0.1, 0.15) is 0 Å². The lowest BCUT2D eigenvalue weighted by atomic mass is 10.7. The summed E-state index contributed by atoms with van der Waals surface area (Å²) in [6.07, 6.45) is 2.45. The van der Waals surface area contributed by atoms with Gasteiger partial charge in [0.25, 0.3) is 0 Å². The van der Waals surface area contributed by atoms with Gasteiger partial charge in [-0.1, -0.05) is 13.2 Å². The lowest BCUT2D eigenvalue weighted by Crippen LogP contribution is -2.10. The van der Waals surface area contributed by atoms with Crippen LogP contribution in [0.25, 0.3) is 0 Å². The molecule has 0 spiro atoms. The molecule has 0 aliphatic heterocycles. The van der Waals surface area contributed by atoms with Crippen molar-refractivity contribution in [3.8, 4) is 0 Å². The average molecular weight is 171 g/mol. The van der Waals surface area contributed by atoms with Crippen LogP contribution in [0.5, 0.6) is 0 Å². The van der Waals surface area contributed by atoms with E-state index in [0.29, 0.717) is 0 Å². The summed E-state index contributed by atoms with van der Waals surface area (Å²) < 4.78 is 4.17. The number of carbonyl (C=O) groups is 2. The second kappa shape index (κ2) is 9.42. The third-order valence-corrected chi connectivity index (χ3v) is 0.555. The van der Waals surface area contributed by atoms with Gasteiger partial charge in [-0.3, -0.25) is 9.59 Å². The molecular weight excluding hydrogens is 158 g/mol. The quantitative estimate of drug-likeness (QED) is 0.497. The van der Waals surface area contributed by atoms with Crippen molar-refractivity contribution in [1.82, 2.24) is 5.32 Å². The Hall–Kier alpha value is -1.58. The number of hydrogen-bond acceptors (Lipinski definition) is 3. The summed E-state index contributed by atoms with van der Waals surface area (Å²) in [5, 5.41) is 2.33. The van der Waals surface area contributed by atoms with Gasteiger partial charge in [0.15, 0.2) is 0 Å². The smallest absolute Gasteiger partial charge is 0.307 e. The number of carbonyl (C=O) groups excluding carboxylic acids is 2. The van der Waals surface area contributed by atoms with Crippen molar-refractivity contribution in [2.45, 2.75) is 13.8 Å². The van der Waals surface area contributed by atoms with E-state index in [4.69, 9.17) is 0 Å². The predicted octanol–water partition coefficient (Wildman–Crippen LogP) is 0.959. The van der Waals surface area contributed by atoms with Crippen LogP contribution < -0.4 is 5.32 Å². The Bertz CT molecular complexity index is 155. The Morgan fingerprint density at radius 3 is 1.83 bits per heavy atom. The summed E-state index contributed by atoms with van der Waals surface area (Å²) in [4.78, 5) is 19.6. The van der Waals surface area contributed by atoms with E-state index in [1.54, 1.807) is 0 Å². The van der Waals surface area contributed by atoms with E-state index in [1.807, 2.05) is 0 Å². The van der Waals surface area contributed by atoms with Gasteiger partial charge in [0, 0.05) is 13.8 Å². The third-order valence-electron chi connectivity index (χ3n) is 0.555. The summed E-state index contributed by atoms with van der Waals surface area (Å²) in [5.74, 6) is -0.407. The van der Waals surface area contributed by atoms with Crippen LogP contribution in [-0.4, -0.2) is 11.9 Å². The lowest BCUT2D eigenvalue weighted by Gasteiger charge is -1.83. The minimum absolute atomic E-state index is 0.0787. The molecule has 0 aliphatic carbocycles. The highest BCUT2D eigenvalue weighted by Crippen LogP contribution is 1.70. The Labute approximate surface area is 71.9 Å². The van der Waals surface area contributed by atoms with E-state index in [0.717, 1.165) is 6.26 Å². The highest BCUT2D eigenvalue weighted by atomic mass is 16.5. The molecular formula is C8H13NO3. The lowest BCUT2D eigenvalue weighted by molar-refractivity contribution is -0.135. The Kier molecular flexibility index (Phi) is 10.2. The molecule has 0 aromatic heterocycles. The standard InChI is InChI=1S/C4H7NO.C4H6O2/c1-3-5-4(2)6;1-3-6-4(2)5/h3H,1H2,2H3,(H,5,6);3H,1H2,2H3. The molecule has 0 rings (SSSR count). The molecule has 68 valence electrons. The van der Waals surface area contributed by atoms with Gasteiger partial charge in [-0.25, -0.2) is 0 Å². The van der Waals surface area contributed by atoms with Crippen molar-refractivity contribution in [2.75, 3.05) is 0 Å². The van der Waals surface area contributed by atoms with Gasteiger partial charge in [-0.05, 0) is 6.20 Å². The monoisotopic (exact) mass is 171 g/mol. The minimum Gasteiger partial charge on any atom is -0.435 e. The molecule has 0 radical (unpaired) electrons. The number of ether oxygens (including phenoxy) is 1. The van der Waals surface area contributed by atoms with Crippen LogP contribution in [-0.2, 0) is 14.3 Å². The summed E-state index contributed by atoms with van der Waals surface area (Å²) >= 11 is 0. The summed E-state index contributed by atoms with van der Waals surface area (Å²) in [7, 11) is 0. The minimum atomic E-state index is -0.329. The van der Waals surface area contributed by atoms with Crippen molar-refractivity contribution in [1.29, 1.82) is 0 Å². The van der Waals surface area contributed by atoms with Gasteiger partial charge >= 0.3 is 5.97 Å². The van der Waals surface area contributed by atoms with Crippen LogP contribution >= 0.6 is 0 Å². The molecule has 1 amide bonds. The van der Waals surface area contributed by atoms with Crippen LogP contribution in [0.2, 0.25) is 0 Å². The summed E-state index contributed by atoms with van der Waals surface area (Å²) in [5.41, 5.74) is 0. The molecule has 12 heavy (non-hydrogen) atoms. The molecule has 0 fully saturated rings. The normalized spacial score (nSPS) is 6.83. The van der Waals surface area contributed by atoms with E-state index in [-0.39, 0.29) is 11.9 Å². The van der Waals surface area contributed by atoms with Gasteiger partial charge in [0.05, 0.1) is 6.26 Å². The van der Waals surface area contributed by atoms with Crippen LogP contribution in [0.15, 0.2) is 25.6 Å². The fourth-order valence-corrected chi connectivity index (χ4v) is 0.261. The summed E-state index contributed by atoms with van der Waals surface area (Å²) in [6.45, 7) is 9.18. The van der Waals surface area contributed by atoms with E-state index in [2.05, 4.69) is 23.2 Å². The van der Waals surface area contributed by atoms with Gasteiger partial charge in [-0.15, -0.1) is 0 Å². The molecule has 0 aliphatic rings. The highest BCUT2D eigenvalue weighted by Gasteiger charge is 1.79. The molecule has 4 heteroatoms. The third kappa shape index (κ3) is 23.7. The van der Waals surface area contributed by atoms with E-state index >= 15 is 0 Å². The second-order valence-electron chi connectivity index (χ2n) is 1.68. The molecule has 0 saturated carbocycles. The zero-order valence-electron chi connectivity index (χ0n) is 7.29. The fraction of sp³-hybridized carbons (Fsp3) is 0.250. The molecule has 0 heterocycles. The van der Waals surface area contributed by atoms with E-state index < -0.39 is 0 Å². The van der Waals surface area contributed by atoms with Crippen LogP contribution in [0.4, 0.5) is 0 Å². The topological polar surface area (TPSA) is 55.4 Å². The zero-order valence-corrected chi connectivity index (χ0v) is 7.29. The number of esters is 1. The number of nitrogens with one attached hydrogen (secondary N) is 1. The first-order chi connectivity index (χ1) is 5.54. The predicted molar refractivity (Wildman–Crippen MR) is 46.0 cm³/mol. The van der Waals surface area contributed by atoms with Crippen molar-refractivity contribution in [2.24, 2.45) is 0 Å². The molecule has 0 bridgehead atoms. The average Bonchev–Trinajstić information content (AvgIpc) is 1.87. The van der Waals surface area contributed by atoms with Crippen molar-refractivity contribution in [3.63, 3.8) is 0 Å². The van der Waals surface area contributed by atoms with Crippen LogP contribution in [0.3, 0.4) is 0 Å². The molecule has 4 nitrogen and oxygen atoms in total. The molecule has 0 aromatic rings. The molecule has 0 unspecified atom stereocenters. The van der Waals surface area contributed by atoms with Crippen molar-refractivity contribution < 1.29 is 14.3 Å². The zero-order chi connectivity index (χ0) is 9.98. The van der Waals surface area contributed by atoms with Crippen molar-refractivity contribution in [3.05, 3.63) is 25.6 Å². The maximum absolute atomic E-state index is 9.86. The Balaban J connectivity index is 0. The second-order valence-corrected chi connectivity index (χ2v) is 1.68. The van der Waals surface area contributed by atoms with Crippen molar-refractivity contribution >= 4 is 11.9 Å². The number of amides is 1.